The highest BCUT2D eigenvalue weighted by atomic mass is 16.5. The summed E-state index contributed by atoms with van der Waals surface area (Å²) in [6.45, 7) is 0.0854. The monoisotopic (exact) mass is 419 g/mol. The quantitative estimate of drug-likeness (QED) is 0.320. The molecule has 4 rings (SSSR count). The molecule has 1 radical (unpaired) electrons. The van der Waals surface area contributed by atoms with Crippen molar-refractivity contribution in [3.63, 3.8) is 0 Å². The molecule has 0 saturated heterocycles. The van der Waals surface area contributed by atoms with Gasteiger partial charge in [-0.25, -0.2) is 4.79 Å². The number of ether oxygens (including phenoxy) is 1. The molecule has 2 aromatic carbocycles. The van der Waals surface area contributed by atoms with Gasteiger partial charge < -0.3 is 25.5 Å². The molecular weight excluding hydrogens is 400 g/mol. The van der Waals surface area contributed by atoms with E-state index in [4.69, 9.17) is 4.74 Å². The lowest BCUT2D eigenvalue weighted by Gasteiger charge is -2.11. The Bertz CT molecular complexity index is 1300. The van der Waals surface area contributed by atoms with E-state index in [9.17, 15) is 14.7 Å². The zero-order chi connectivity index (χ0) is 21.8. The Balaban J connectivity index is 1.81. The molecule has 0 bridgehead atoms. The molecule has 10 nitrogen and oxygen atoms in total. The molecule has 0 saturated carbocycles. The Morgan fingerprint density at radius 3 is 2.81 bits per heavy atom. The van der Waals surface area contributed by atoms with Crippen LogP contribution in [-0.4, -0.2) is 38.1 Å². The maximum Gasteiger partial charge on any atom is 0.328 e. The second kappa shape index (κ2) is 8.67. The van der Waals surface area contributed by atoms with E-state index < -0.39 is 5.69 Å². The number of hydrogen-bond acceptors (Lipinski definition) is 7. The molecular formula is C21H19N6O4. The Hall–Kier alpha value is -4.18. The number of aromatic amines is 1. The van der Waals surface area contributed by atoms with Crippen molar-refractivity contribution in [2.24, 2.45) is 0 Å². The van der Waals surface area contributed by atoms with E-state index in [2.05, 4.69) is 25.6 Å². The Kier molecular flexibility index (Phi) is 5.63. The first-order valence-corrected chi connectivity index (χ1v) is 9.35. The predicted octanol–water partition coefficient (Wildman–Crippen LogP) is 1.89. The fraction of sp³-hybridized carbons (Fsp3) is 0.143. The first kappa shape index (κ1) is 20.1. The highest BCUT2D eigenvalue weighted by Crippen LogP contribution is 2.24. The molecule has 0 aliphatic heterocycles. The number of fused-ring (bicyclic) bond motifs is 1. The topological polar surface area (TPSA) is 134 Å². The maximum atomic E-state index is 12.7. The lowest BCUT2D eigenvalue weighted by molar-refractivity contribution is 0.282. The molecule has 10 heteroatoms. The molecule has 0 atom stereocenters. The summed E-state index contributed by atoms with van der Waals surface area (Å²) < 4.78 is 6.81. The van der Waals surface area contributed by atoms with E-state index in [1.165, 1.54) is 4.57 Å². The first-order chi connectivity index (χ1) is 15.1. The van der Waals surface area contributed by atoms with Crippen LogP contribution in [0, 0.1) is 0 Å². The Morgan fingerprint density at radius 1 is 1.19 bits per heavy atom. The van der Waals surface area contributed by atoms with Crippen LogP contribution in [0.3, 0.4) is 0 Å². The number of hydrogen-bond donors (Lipinski definition) is 4. The van der Waals surface area contributed by atoms with Gasteiger partial charge in [0.05, 0.1) is 20.3 Å². The Labute approximate surface area is 176 Å². The Morgan fingerprint density at radius 2 is 2.03 bits per heavy atom. The molecule has 0 aliphatic rings. The summed E-state index contributed by atoms with van der Waals surface area (Å²) in [5.41, 5.74) is 2.29. The number of imidazole rings is 1. The third-order valence-electron chi connectivity index (χ3n) is 4.68. The van der Waals surface area contributed by atoms with Gasteiger partial charge in [0.1, 0.15) is 11.3 Å². The molecule has 1 amide bonds. The van der Waals surface area contributed by atoms with E-state index in [0.717, 1.165) is 5.56 Å². The van der Waals surface area contributed by atoms with Crippen molar-refractivity contribution >= 4 is 35.0 Å². The number of rotatable bonds is 8. The van der Waals surface area contributed by atoms with Crippen LogP contribution in [0.2, 0.25) is 0 Å². The largest absolute Gasteiger partial charge is 0.496 e. The van der Waals surface area contributed by atoms with Crippen LogP contribution >= 0.6 is 0 Å². The SMILES string of the molecule is COc1ccccc1Cn1c(=O)[nH]c2c(N[C]=O)nc(Nc3cccc(CO)c3)nc21. The van der Waals surface area contributed by atoms with Crippen molar-refractivity contribution in [3.05, 3.63) is 70.1 Å². The van der Waals surface area contributed by atoms with E-state index in [1.54, 1.807) is 43.9 Å². The molecule has 31 heavy (non-hydrogen) atoms. The van der Waals surface area contributed by atoms with Crippen LogP contribution in [0.4, 0.5) is 17.5 Å². The number of benzene rings is 2. The van der Waals surface area contributed by atoms with Crippen LogP contribution in [0.25, 0.3) is 11.2 Å². The molecule has 2 heterocycles. The third kappa shape index (κ3) is 4.09. The average molecular weight is 419 g/mol. The minimum Gasteiger partial charge on any atom is -0.496 e. The second-order valence-electron chi connectivity index (χ2n) is 6.63. The number of aliphatic hydroxyl groups is 1. The molecule has 4 aromatic rings. The van der Waals surface area contributed by atoms with Crippen LogP contribution < -0.4 is 21.1 Å². The van der Waals surface area contributed by atoms with Gasteiger partial charge in [0.2, 0.25) is 5.95 Å². The van der Waals surface area contributed by atoms with E-state index in [1.807, 2.05) is 18.2 Å². The van der Waals surface area contributed by atoms with Crippen LogP contribution in [0.5, 0.6) is 5.75 Å². The molecule has 2 aromatic heterocycles. The second-order valence-corrected chi connectivity index (χ2v) is 6.63. The van der Waals surface area contributed by atoms with Crippen molar-refractivity contribution in [2.45, 2.75) is 13.2 Å². The van der Waals surface area contributed by atoms with Gasteiger partial charge in [-0.15, -0.1) is 0 Å². The summed E-state index contributed by atoms with van der Waals surface area (Å²) in [7, 11) is 1.56. The molecule has 4 N–H and O–H groups in total. The van der Waals surface area contributed by atoms with Crippen molar-refractivity contribution in [3.8, 4) is 5.75 Å². The van der Waals surface area contributed by atoms with E-state index in [0.29, 0.717) is 22.6 Å². The van der Waals surface area contributed by atoms with Crippen LogP contribution in [0.15, 0.2) is 53.3 Å². The molecule has 0 spiro atoms. The number of aromatic nitrogens is 4. The molecule has 157 valence electrons. The molecule has 0 aliphatic carbocycles. The zero-order valence-corrected chi connectivity index (χ0v) is 16.5. The van der Waals surface area contributed by atoms with Crippen LogP contribution in [0.1, 0.15) is 11.1 Å². The minimum absolute atomic E-state index is 0.108. The molecule has 0 unspecified atom stereocenters. The first-order valence-electron chi connectivity index (χ1n) is 9.35. The van der Waals surface area contributed by atoms with Gasteiger partial charge in [-0.1, -0.05) is 30.3 Å². The summed E-state index contributed by atoms with van der Waals surface area (Å²) in [6.07, 6.45) is 1.58. The van der Waals surface area contributed by atoms with Gasteiger partial charge in [-0.2, -0.15) is 9.97 Å². The van der Waals surface area contributed by atoms with Gasteiger partial charge in [0.15, 0.2) is 11.5 Å². The van der Waals surface area contributed by atoms with Gasteiger partial charge in [-0.05, 0) is 23.8 Å². The average Bonchev–Trinajstić information content (AvgIpc) is 3.10. The van der Waals surface area contributed by atoms with Crippen LogP contribution in [-0.2, 0) is 17.9 Å². The number of para-hydroxylation sites is 1. The summed E-state index contributed by atoms with van der Waals surface area (Å²) in [5, 5.41) is 14.8. The number of nitrogens with one attached hydrogen (secondary N) is 3. The summed E-state index contributed by atoms with van der Waals surface area (Å²) in [5.74, 6) is 0.904. The highest BCUT2D eigenvalue weighted by molar-refractivity contribution is 5.90. The van der Waals surface area contributed by atoms with Gasteiger partial charge >= 0.3 is 12.1 Å². The summed E-state index contributed by atoms with van der Waals surface area (Å²) >= 11 is 0. The van der Waals surface area contributed by atoms with Gasteiger partial charge in [-0.3, -0.25) is 9.36 Å². The van der Waals surface area contributed by atoms with Crippen molar-refractivity contribution in [1.29, 1.82) is 0 Å². The fourth-order valence-electron chi connectivity index (χ4n) is 3.25. The number of nitrogens with zero attached hydrogens (tertiary/aromatic N) is 3. The molecule has 0 fully saturated rings. The standard InChI is InChI=1S/C21H19N6O4/c1-31-16-8-3-2-6-14(16)10-27-19-17(24-21(27)30)18(22-12-29)25-20(26-19)23-15-7-4-5-13(9-15)11-28/h2-9,28H,10-11H2,1H3,(H,24,30)(H2,22,23,25,26,29). The number of methoxy groups -OCH3 is 1. The van der Waals surface area contributed by atoms with E-state index in [-0.39, 0.29) is 30.4 Å². The lowest BCUT2D eigenvalue weighted by Crippen LogP contribution is -2.18. The predicted molar refractivity (Wildman–Crippen MR) is 115 cm³/mol. The smallest absolute Gasteiger partial charge is 0.328 e. The van der Waals surface area contributed by atoms with Crippen molar-refractivity contribution < 1.29 is 14.6 Å². The van der Waals surface area contributed by atoms with Gasteiger partial charge in [0, 0.05) is 11.3 Å². The van der Waals surface area contributed by atoms with Crippen molar-refractivity contribution in [2.75, 3.05) is 17.7 Å². The lowest BCUT2D eigenvalue weighted by atomic mass is 10.2. The highest BCUT2D eigenvalue weighted by Gasteiger charge is 2.17. The number of anilines is 3. The zero-order valence-electron chi connectivity index (χ0n) is 16.5. The maximum absolute atomic E-state index is 12.7. The van der Waals surface area contributed by atoms with E-state index >= 15 is 0 Å². The van der Waals surface area contributed by atoms with Crippen molar-refractivity contribution in [1.82, 2.24) is 19.5 Å². The normalized spacial score (nSPS) is 10.8. The minimum atomic E-state index is -0.413. The number of carbonyl (C=O) groups excluding carboxylic acids is 1. The number of amides is 1. The summed E-state index contributed by atoms with van der Waals surface area (Å²) in [6, 6.07) is 14.4. The third-order valence-corrected chi connectivity index (χ3v) is 4.68. The number of H-pyrrole nitrogens is 1. The number of aliphatic hydroxyl groups excluding tert-OH is 1. The summed E-state index contributed by atoms with van der Waals surface area (Å²) in [4.78, 5) is 35.1. The fourth-order valence-corrected chi connectivity index (χ4v) is 3.25. The van der Waals surface area contributed by atoms with Gasteiger partial charge in [0.25, 0.3) is 0 Å².